The van der Waals surface area contributed by atoms with Gasteiger partial charge >= 0.3 is 0 Å². The fraction of sp³-hybridized carbons (Fsp3) is 0.583. The van der Waals surface area contributed by atoms with Crippen LogP contribution in [0.5, 0.6) is 0 Å². The summed E-state index contributed by atoms with van der Waals surface area (Å²) in [6, 6.07) is 1.61. The van der Waals surface area contributed by atoms with Gasteiger partial charge in [0.25, 0.3) is 0 Å². The molecule has 1 saturated heterocycles. The molecule has 0 aromatic carbocycles. The van der Waals surface area contributed by atoms with E-state index in [4.69, 9.17) is 10.5 Å². The highest BCUT2D eigenvalue weighted by Gasteiger charge is 2.20. The van der Waals surface area contributed by atoms with E-state index in [0.717, 1.165) is 19.4 Å². The molecule has 5 heteroatoms. The van der Waals surface area contributed by atoms with E-state index in [2.05, 4.69) is 4.98 Å². The average Bonchev–Trinajstić information content (AvgIpc) is 2.82. The van der Waals surface area contributed by atoms with Crippen LogP contribution in [0.2, 0.25) is 0 Å². The molecule has 1 aromatic heterocycles. The first kappa shape index (κ1) is 12.3. The van der Waals surface area contributed by atoms with Gasteiger partial charge in [0.1, 0.15) is 0 Å². The third-order valence-electron chi connectivity index (χ3n) is 3.03. The topological polar surface area (TPSA) is 51.4 Å². The minimum Gasteiger partial charge on any atom is -0.376 e. The summed E-state index contributed by atoms with van der Waals surface area (Å²) < 4.78 is 19.5. The van der Waals surface area contributed by atoms with Crippen molar-refractivity contribution in [3.05, 3.63) is 23.6 Å². The number of aromatic nitrogens is 1. The number of rotatable bonds is 4. The van der Waals surface area contributed by atoms with Crippen molar-refractivity contribution < 1.29 is 9.13 Å². The maximum atomic E-state index is 14.0. The van der Waals surface area contributed by atoms with E-state index in [9.17, 15) is 4.39 Å². The van der Waals surface area contributed by atoms with Gasteiger partial charge in [-0.3, -0.25) is 0 Å². The van der Waals surface area contributed by atoms with Crippen molar-refractivity contribution in [1.29, 1.82) is 0 Å². The Hall–Kier alpha value is -1.20. The van der Waals surface area contributed by atoms with Gasteiger partial charge in [-0.1, -0.05) is 0 Å². The Morgan fingerprint density at radius 2 is 2.47 bits per heavy atom. The normalized spacial score (nSPS) is 19.6. The van der Waals surface area contributed by atoms with E-state index in [-0.39, 0.29) is 18.5 Å². The molecular weight excluding hydrogens is 221 g/mol. The van der Waals surface area contributed by atoms with Crippen molar-refractivity contribution in [3.63, 3.8) is 0 Å². The highest BCUT2D eigenvalue weighted by atomic mass is 19.1. The molecule has 0 spiro atoms. The molecule has 1 aliphatic rings. The number of hydrogen-bond donors (Lipinski definition) is 1. The molecule has 1 fully saturated rings. The Labute approximate surface area is 101 Å². The van der Waals surface area contributed by atoms with E-state index in [1.54, 1.807) is 17.2 Å². The average molecular weight is 239 g/mol. The highest BCUT2D eigenvalue weighted by Crippen LogP contribution is 2.20. The Balaban J connectivity index is 2.09. The molecule has 0 saturated carbocycles. The predicted octanol–water partition coefficient (Wildman–Crippen LogP) is 1.29. The summed E-state index contributed by atoms with van der Waals surface area (Å²) in [5.41, 5.74) is 5.97. The van der Waals surface area contributed by atoms with Gasteiger partial charge in [0.15, 0.2) is 11.6 Å². The molecule has 0 amide bonds. The second kappa shape index (κ2) is 5.42. The van der Waals surface area contributed by atoms with Gasteiger partial charge in [0, 0.05) is 38.5 Å². The largest absolute Gasteiger partial charge is 0.376 e. The predicted molar refractivity (Wildman–Crippen MR) is 64.3 cm³/mol. The number of ether oxygens (including phenoxy) is 1. The molecule has 0 bridgehead atoms. The third-order valence-corrected chi connectivity index (χ3v) is 3.03. The van der Waals surface area contributed by atoms with Crippen LogP contribution < -0.4 is 10.6 Å². The van der Waals surface area contributed by atoms with Crippen molar-refractivity contribution in [3.8, 4) is 0 Å². The Kier molecular flexibility index (Phi) is 3.91. The van der Waals surface area contributed by atoms with Gasteiger partial charge in [-0.2, -0.15) is 0 Å². The van der Waals surface area contributed by atoms with Crippen molar-refractivity contribution in [2.45, 2.75) is 25.5 Å². The summed E-state index contributed by atoms with van der Waals surface area (Å²) >= 11 is 0. The summed E-state index contributed by atoms with van der Waals surface area (Å²) in [5, 5.41) is 0. The van der Waals surface area contributed by atoms with Crippen LogP contribution in [0, 0.1) is 5.82 Å². The van der Waals surface area contributed by atoms with Crippen LogP contribution in [-0.4, -0.2) is 31.3 Å². The third kappa shape index (κ3) is 2.73. The lowest BCUT2D eigenvalue weighted by atomic mass is 10.2. The molecule has 4 nitrogen and oxygen atoms in total. The van der Waals surface area contributed by atoms with Crippen molar-refractivity contribution in [2.75, 3.05) is 25.1 Å². The number of nitrogens with two attached hydrogens (primary N) is 1. The maximum Gasteiger partial charge on any atom is 0.170 e. The Morgan fingerprint density at radius 1 is 1.65 bits per heavy atom. The fourth-order valence-corrected chi connectivity index (χ4v) is 2.08. The monoisotopic (exact) mass is 239 g/mol. The minimum atomic E-state index is -0.324. The van der Waals surface area contributed by atoms with E-state index >= 15 is 0 Å². The number of nitrogens with zero attached hydrogens (tertiary/aromatic N) is 2. The molecule has 1 aliphatic heterocycles. The summed E-state index contributed by atoms with van der Waals surface area (Å²) in [6.45, 7) is 1.66. The first-order valence-corrected chi connectivity index (χ1v) is 5.88. The summed E-state index contributed by atoms with van der Waals surface area (Å²) in [6.07, 6.45) is 3.88. The summed E-state index contributed by atoms with van der Waals surface area (Å²) in [5.74, 6) is 0.0268. The first-order valence-electron chi connectivity index (χ1n) is 5.88. The zero-order chi connectivity index (χ0) is 12.3. The van der Waals surface area contributed by atoms with Gasteiger partial charge in [0.05, 0.1) is 6.10 Å². The molecule has 2 rings (SSSR count). The number of hydrogen-bond acceptors (Lipinski definition) is 4. The first-order chi connectivity index (χ1) is 8.22. The van der Waals surface area contributed by atoms with Crippen molar-refractivity contribution >= 4 is 5.82 Å². The van der Waals surface area contributed by atoms with Crippen LogP contribution in [0.1, 0.15) is 18.4 Å². The molecule has 2 heterocycles. The zero-order valence-electron chi connectivity index (χ0n) is 10.0. The number of anilines is 1. The molecule has 1 atom stereocenters. The van der Waals surface area contributed by atoms with Crippen LogP contribution in [0.4, 0.5) is 10.2 Å². The van der Waals surface area contributed by atoms with E-state index < -0.39 is 0 Å². The molecule has 2 N–H and O–H groups in total. The SMILES string of the molecule is CN(CC1CCCO1)c1nccc(CN)c1F. The van der Waals surface area contributed by atoms with Gasteiger partial charge in [-0.25, -0.2) is 9.37 Å². The molecule has 1 aromatic rings. The van der Waals surface area contributed by atoms with Crippen molar-refractivity contribution in [2.24, 2.45) is 5.73 Å². The van der Waals surface area contributed by atoms with Crippen LogP contribution in [0.3, 0.4) is 0 Å². The van der Waals surface area contributed by atoms with E-state index in [1.807, 2.05) is 7.05 Å². The lowest BCUT2D eigenvalue weighted by Crippen LogP contribution is -2.30. The maximum absolute atomic E-state index is 14.0. The van der Waals surface area contributed by atoms with Gasteiger partial charge < -0.3 is 15.4 Å². The van der Waals surface area contributed by atoms with Crippen LogP contribution >= 0.6 is 0 Å². The lowest BCUT2D eigenvalue weighted by Gasteiger charge is -2.22. The Morgan fingerprint density at radius 3 is 3.12 bits per heavy atom. The number of pyridine rings is 1. The standard InChI is InChI=1S/C12H18FN3O/c1-16(8-10-3-2-6-17-10)12-11(13)9(7-14)4-5-15-12/h4-5,10H,2-3,6-8,14H2,1H3. The van der Waals surface area contributed by atoms with Gasteiger partial charge in [-0.15, -0.1) is 0 Å². The second-order valence-corrected chi connectivity index (χ2v) is 4.33. The lowest BCUT2D eigenvalue weighted by molar-refractivity contribution is 0.116. The minimum absolute atomic E-state index is 0.183. The quantitative estimate of drug-likeness (QED) is 0.860. The second-order valence-electron chi connectivity index (χ2n) is 4.33. The van der Waals surface area contributed by atoms with Crippen LogP contribution in [0.15, 0.2) is 12.3 Å². The molecule has 17 heavy (non-hydrogen) atoms. The molecule has 1 unspecified atom stereocenters. The van der Waals surface area contributed by atoms with Gasteiger partial charge in [0.2, 0.25) is 0 Å². The molecule has 94 valence electrons. The zero-order valence-corrected chi connectivity index (χ0v) is 10.0. The van der Waals surface area contributed by atoms with E-state index in [1.165, 1.54) is 0 Å². The molecular formula is C12H18FN3O. The summed E-state index contributed by atoms with van der Waals surface area (Å²) in [7, 11) is 1.83. The van der Waals surface area contributed by atoms with Crippen LogP contribution in [0.25, 0.3) is 0 Å². The number of halogens is 1. The highest BCUT2D eigenvalue weighted by molar-refractivity contribution is 5.42. The van der Waals surface area contributed by atoms with Crippen LogP contribution in [-0.2, 0) is 11.3 Å². The van der Waals surface area contributed by atoms with Crippen molar-refractivity contribution in [1.82, 2.24) is 4.98 Å². The molecule has 0 aliphatic carbocycles. The van der Waals surface area contributed by atoms with Gasteiger partial charge in [-0.05, 0) is 18.9 Å². The smallest absolute Gasteiger partial charge is 0.170 e. The fourth-order valence-electron chi connectivity index (χ4n) is 2.08. The molecule has 0 radical (unpaired) electrons. The Bertz CT molecular complexity index is 380. The number of likely N-dealkylation sites (N-methyl/N-ethyl adjacent to an activating group) is 1. The van der Waals surface area contributed by atoms with E-state index in [0.29, 0.717) is 17.9 Å². The summed E-state index contributed by atoms with van der Waals surface area (Å²) in [4.78, 5) is 5.86.